The van der Waals surface area contributed by atoms with Crippen molar-refractivity contribution in [3.63, 3.8) is 0 Å². The molecule has 0 bridgehead atoms. The van der Waals surface area contributed by atoms with Crippen molar-refractivity contribution in [3.8, 4) is 0 Å². The lowest BCUT2D eigenvalue weighted by Crippen LogP contribution is -2.29. The van der Waals surface area contributed by atoms with Gasteiger partial charge in [-0.05, 0) is 35.2 Å². The molecule has 2 rings (SSSR count). The van der Waals surface area contributed by atoms with Gasteiger partial charge >= 0.3 is 0 Å². The molecule has 106 valence electrons. The van der Waals surface area contributed by atoms with E-state index in [1.165, 1.54) is 5.56 Å². The van der Waals surface area contributed by atoms with Gasteiger partial charge in [-0.1, -0.05) is 66.9 Å². The smallest absolute Gasteiger partial charge is 0.0724 e. The average molecular weight is 309 g/mol. The van der Waals surface area contributed by atoms with Crippen molar-refractivity contribution in [1.82, 2.24) is 5.43 Å². The second kappa shape index (κ2) is 7.09. The van der Waals surface area contributed by atoms with Crippen LogP contribution in [-0.4, -0.2) is 0 Å². The molecule has 2 aromatic carbocycles. The third kappa shape index (κ3) is 3.53. The minimum atomic E-state index is -0.143. The molecular formula is C16H18Cl2N2. The standard InChI is InChI=1S/C16H18Cl2N2/c1-2-3-11-4-6-12(7-5-11)16(20-19)14-9-8-13(17)10-15(14)18/h4-10,16,20H,2-3,19H2,1H3. The molecule has 0 aliphatic heterocycles. The number of hydrogen-bond acceptors (Lipinski definition) is 2. The van der Waals surface area contributed by atoms with Crippen molar-refractivity contribution in [2.24, 2.45) is 5.84 Å². The van der Waals surface area contributed by atoms with E-state index in [0.29, 0.717) is 10.0 Å². The van der Waals surface area contributed by atoms with E-state index in [-0.39, 0.29) is 6.04 Å². The van der Waals surface area contributed by atoms with Gasteiger partial charge in [-0.2, -0.15) is 0 Å². The van der Waals surface area contributed by atoms with Gasteiger partial charge in [0.25, 0.3) is 0 Å². The predicted octanol–water partition coefficient (Wildman–Crippen LogP) is 4.50. The highest BCUT2D eigenvalue weighted by Gasteiger charge is 2.15. The fourth-order valence-electron chi connectivity index (χ4n) is 2.27. The molecule has 0 saturated carbocycles. The van der Waals surface area contributed by atoms with Crippen LogP contribution in [0.3, 0.4) is 0 Å². The van der Waals surface area contributed by atoms with Gasteiger partial charge in [0.1, 0.15) is 0 Å². The van der Waals surface area contributed by atoms with Crippen LogP contribution in [0.2, 0.25) is 10.0 Å². The largest absolute Gasteiger partial charge is 0.271 e. The molecule has 0 fully saturated rings. The Morgan fingerprint density at radius 1 is 1.10 bits per heavy atom. The SMILES string of the molecule is CCCc1ccc(C(NN)c2ccc(Cl)cc2Cl)cc1. The molecular weight excluding hydrogens is 291 g/mol. The van der Waals surface area contributed by atoms with E-state index in [0.717, 1.165) is 24.0 Å². The van der Waals surface area contributed by atoms with Crippen LogP contribution in [0.4, 0.5) is 0 Å². The predicted molar refractivity (Wildman–Crippen MR) is 86.1 cm³/mol. The Labute approximate surface area is 129 Å². The maximum Gasteiger partial charge on any atom is 0.0724 e. The molecule has 4 heteroatoms. The van der Waals surface area contributed by atoms with Crippen molar-refractivity contribution >= 4 is 23.2 Å². The Hall–Kier alpha value is -1.06. The third-order valence-corrected chi connectivity index (χ3v) is 3.85. The summed E-state index contributed by atoms with van der Waals surface area (Å²) in [6, 6.07) is 13.7. The number of nitrogens with one attached hydrogen (secondary N) is 1. The van der Waals surface area contributed by atoms with Gasteiger partial charge in [-0.25, -0.2) is 5.43 Å². The van der Waals surface area contributed by atoms with Crippen LogP contribution in [0.1, 0.15) is 36.1 Å². The van der Waals surface area contributed by atoms with Gasteiger partial charge < -0.3 is 0 Å². The molecule has 1 unspecified atom stereocenters. The van der Waals surface area contributed by atoms with Crippen LogP contribution in [0.15, 0.2) is 42.5 Å². The number of hydrogen-bond donors (Lipinski definition) is 2. The van der Waals surface area contributed by atoms with E-state index in [9.17, 15) is 0 Å². The highest BCUT2D eigenvalue weighted by molar-refractivity contribution is 6.35. The number of benzene rings is 2. The molecule has 0 radical (unpaired) electrons. The monoisotopic (exact) mass is 308 g/mol. The third-order valence-electron chi connectivity index (χ3n) is 3.29. The molecule has 20 heavy (non-hydrogen) atoms. The molecule has 0 aliphatic carbocycles. The second-order valence-corrected chi connectivity index (χ2v) is 5.60. The highest BCUT2D eigenvalue weighted by Crippen LogP contribution is 2.30. The van der Waals surface area contributed by atoms with Crippen molar-refractivity contribution < 1.29 is 0 Å². The summed E-state index contributed by atoms with van der Waals surface area (Å²) in [6.07, 6.45) is 2.23. The number of halogens is 2. The Balaban J connectivity index is 2.31. The van der Waals surface area contributed by atoms with E-state index in [4.69, 9.17) is 29.0 Å². The Kier molecular flexibility index (Phi) is 5.44. The number of aryl methyl sites for hydroxylation is 1. The fraction of sp³-hybridized carbons (Fsp3) is 0.250. The summed E-state index contributed by atoms with van der Waals surface area (Å²) in [5.41, 5.74) is 6.15. The molecule has 2 nitrogen and oxygen atoms in total. The lowest BCUT2D eigenvalue weighted by Gasteiger charge is -2.18. The molecule has 2 aromatic rings. The van der Waals surface area contributed by atoms with Gasteiger partial charge in [0.2, 0.25) is 0 Å². The number of rotatable bonds is 5. The summed E-state index contributed by atoms with van der Waals surface area (Å²) >= 11 is 12.2. The van der Waals surface area contributed by atoms with E-state index >= 15 is 0 Å². The van der Waals surface area contributed by atoms with Gasteiger partial charge in [-0.3, -0.25) is 5.84 Å². The molecule has 0 amide bonds. The number of hydrazine groups is 1. The Morgan fingerprint density at radius 3 is 2.35 bits per heavy atom. The molecule has 0 aliphatic rings. The molecule has 0 spiro atoms. The fourth-order valence-corrected chi connectivity index (χ4v) is 2.78. The zero-order valence-electron chi connectivity index (χ0n) is 11.4. The zero-order valence-corrected chi connectivity index (χ0v) is 12.9. The van der Waals surface area contributed by atoms with Crippen LogP contribution in [0.5, 0.6) is 0 Å². The van der Waals surface area contributed by atoms with Crippen molar-refractivity contribution in [2.75, 3.05) is 0 Å². The molecule has 1 atom stereocenters. The van der Waals surface area contributed by atoms with Gasteiger partial charge in [-0.15, -0.1) is 0 Å². The van der Waals surface area contributed by atoms with Crippen molar-refractivity contribution in [3.05, 3.63) is 69.2 Å². The molecule has 0 aromatic heterocycles. The summed E-state index contributed by atoms with van der Waals surface area (Å²) in [6.45, 7) is 2.17. The second-order valence-electron chi connectivity index (χ2n) is 4.76. The Morgan fingerprint density at radius 2 is 1.80 bits per heavy atom. The topological polar surface area (TPSA) is 38.0 Å². The lowest BCUT2D eigenvalue weighted by atomic mass is 9.97. The van der Waals surface area contributed by atoms with Crippen LogP contribution < -0.4 is 11.3 Å². The summed E-state index contributed by atoms with van der Waals surface area (Å²) in [5, 5.41) is 1.23. The van der Waals surface area contributed by atoms with E-state index in [1.54, 1.807) is 6.07 Å². The van der Waals surface area contributed by atoms with Crippen LogP contribution in [0, 0.1) is 0 Å². The maximum absolute atomic E-state index is 6.25. The highest BCUT2D eigenvalue weighted by atomic mass is 35.5. The van der Waals surface area contributed by atoms with E-state index < -0.39 is 0 Å². The van der Waals surface area contributed by atoms with Crippen LogP contribution in [0.25, 0.3) is 0 Å². The zero-order chi connectivity index (χ0) is 14.5. The molecule has 0 saturated heterocycles. The first-order valence-electron chi connectivity index (χ1n) is 6.65. The normalized spacial score (nSPS) is 12.4. The van der Waals surface area contributed by atoms with Gasteiger partial charge in [0.15, 0.2) is 0 Å². The molecule has 3 N–H and O–H groups in total. The van der Waals surface area contributed by atoms with Gasteiger partial charge in [0, 0.05) is 10.0 Å². The van der Waals surface area contributed by atoms with Crippen molar-refractivity contribution in [2.45, 2.75) is 25.8 Å². The summed E-state index contributed by atoms with van der Waals surface area (Å²) in [5.74, 6) is 5.70. The molecule has 0 heterocycles. The maximum atomic E-state index is 6.25. The first kappa shape index (κ1) is 15.3. The minimum absolute atomic E-state index is 0.143. The quantitative estimate of drug-likeness (QED) is 0.630. The Bertz CT molecular complexity index is 567. The van der Waals surface area contributed by atoms with Crippen molar-refractivity contribution in [1.29, 1.82) is 0 Å². The summed E-state index contributed by atoms with van der Waals surface area (Å²) in [4.78, 5) is 0. The van der Waals surface area contributed by atoms with E-state index in [2.05, 4.69) is 36.6 Å². The van der Waals surface area contributed by atoms with Gasteiger partial charge in [0.05, 0.1) is 6.04 Å². The van der Waals surface area contributed by atoms with E-state index in [1.807, 2.05) is 12.1 Å². The van der Waals surface area contributed by atoms with Crippen LogP contribution >= 0.6 is 23.2 Å². The average Bonchev–Trinajstić information content (AvgIpc) is 2.44. The summed E-state index contributed by atoms with van der Waals surface area (Å²) in [7, 11) is 0. The lowest BCUT2D eigenvalue weighted by molar-refractivity contribution is 0.637. The first-order valence-corrected chi connectivity index (χ1v) is 7.41. The first-order chi connectivity index (χ1) is 9.65. The minimum Gasteiger partial charge on any atom is -0.271 e. The number of nitrogens with two attached hydrogens (primary N) is 1. The van der Waals surface area contributed by atoms with Crippen LogP contribution in [-0.2, 0) is 6.42 Å². The summed E-state index contributed by atoms with van der Waals surface area (Å²) < 4.78 is 0.